The van der Waals surface area contributed by atoms with Crippen LogP contribution in [0.4, 0.5) is 20.2 Å². The monoisotopic (exact) mass is 269 g/mol. The van der Waals surface area contributed by atoms with E-state index in [1.807, 2.05) is 11.9 Å². The van der Waals surface area contributed by atoms with Crippen molar-refractivity contribution in [1.29, 1.82) is 0 Å². The van der Waals surface area contributed by atoms with Gasteiger partial charge in [0.05, 0.1) is 0 Å². The van der Waals surface area contributed by atoms with Crippen LogP contribution in [0.25, 0.3) is 0 Å². The number of likely N-dealkylation sites (N-methyl/N-ethyl adjacent to an activating group) is 2. The van der Waals surface area contributed by atoms with E-state index in [4.69, 9.17) is 5.73 Å². The lowest BCUT2D eigenvalue weighted by Gasteiger charge is -2.38. The zero-order valence-corrected chi connectivity index (χ0v) is 11.4. The molecule has 0 bridgehead atoms. The highest BCUT2D eigenvalue weighted by Crippen LogP contribution is 2.33. The first-order chi connectivity index (χ1) is 8.99. The maximum absolute atomic E-state index is 13.1. The summed E-state index contributed by atoms with van der Waals surface area (Å²) >= 11 is 0. The molecule has 1 aromatic carbocycles. The van der Waals surface area contributed by atoms with Crippen LogP contribution in [0.15, 0.2) is 18.2 Å². The highest BCUT2D eigenvalue weighted by molar-refractivity contribution is 5.60. The summed E-state index contributed by atoms with van der Waals surface area (Å²) in [5.41, 5.74) is 6.60. The molecule has 1 atom stereocenters. The summed E-state index contributed by atoms with van der Waals surface area (Å²) in [6, 6.07) is 5.04. The van der Waals surface area contributed by atoms with Crippen LogP contribution in [0.1, 0.15) is 24.8 Å². The number of hydrogen-bond donors (Lipinski definition) is 1. The van der Waals surface area contributed by atoms with Crippen molar-refractivity contribution < 1.29 is 8.78 Å². The minimum atomic E-state index is -2.50. The van der Waals surface area contributed by atoms with Gasteiger partial charge in [0, 0.05) is 36.6 Å². The molecule has 1 fully saturated rings. The largest absolute Gasteiger partial charge is 0.399 e. The number of piperidine rings is 1. The number of nitrogens with zero attached hydrogens (tertiary/aromatic N) is 2. The van der Waals surface area contributed by atoms with Gasteiger partial charge in [-0.15, -0.1) is 0 Å². The van der Waals surface area contributed by atoms with Crippen molar-refractivity contribution in [2.75, 3.05) is 37.8 Å². The Morgan fingerprint density at radius 2 is 2.16 bits per heavy atom. The van der Waals surface area contributed by atoms with E-state index in [9.17, 15) is 8.78 Å². The Bertz CT molecular complexity index is 437. The molecule has 3 nitrogen and oxygen atoms in total. The second-order valence-electron chi connectivity index (χ2n) is 5.29. The number of anilines is 2. The molecule has 0 amide bonds. The molecule has 106 valence electrons. The highest BCUT2D eigenvalue weighted by Gasteiger charge is 2.24. The zero-order chi connectivity index (χ0) is 14.0. The Balaban J connectivity index is 2.25. The van der Waals surface area contributed by atoms with Crippen LogP contribution in [0, 0.1) is 0 Å². The maximum Gasteiger partial charge on any atom is 0.265 e. The third-order valence-electron chi connectivity index (χ3n) is 3.81. The Kier molecular flexibility index (Phi) is 4.24. The van der Waals surface area contributed by atoms with E-state index in [1.165, 1.54) is 6.07 Å². The molecule has 1 aliphatic heterocycles. The van der Waals surface area contributed by atoms with Gasteiger partial charge < -0.3 is 15.5 Å². The third kappa shape index (κ3) is 3.15. The van der Waals surface area contributed by atoms with Crippen LogP contribution in [0.5, 0.6) is 0 Å². The van der Waals surface area contributed by atoms with Gasteiger partial charge >= 0.3 is 0 Å². The van der Waals surface area contributed by atoms with Crippen molar-refractivity contribution in [3.05, 3.63) is 23.8 Å². The first kappa shape index (κ1) is 14.1. The fourth-order valence-electron chi connectivity index (χ4n) is 2.72. The van der Waals surface area contributed by atoms with Gasteiger partial charge in [0.25, 0.3) is 6.43 Å². The van der Waals surface area contributed by atoms with Crippen molar-refractivity contribution >= 4 is 11.4 Å². The van der Waals surface area contributed by atoms with Crippen molar-refractivity contribution in [3.8, 4) is 0 Å². The fraction of sp³-hybridized carbons (Fsp3) is 0.571. The Labute approximate surface area is 113 Å². The summed E-state index contributed by atoms with van der Waals surface area (Å²) in [4.78, 5) is 4.21. The van der Waals surface area contributed by atoms with Gasteiger partial charge in [-0.05, 0) is 44.6 Å². The number of benzene rings is 1. The molecule has 1 unspecified atom stereocenters. The van der Waals surface area contributed by atoms with E-state index in [2.05, 4.69) is 11.9 Å². The van der Waals surface area contributed by atoms with E-state index in [0.29, 0.717) is 11.4 Å². The van der Waals surface area contributed by atoms with Gasteiger partial charge in [0.15, 0.2) is 0 Å². The predicted molar refractivity (Wildman–Crippen MR) is 74.7 cm³/mol. The highest BCUT2D eigenvalue weighted by atomic mass is 19.3. The molecule has 19 heavy (non-hydrogen) atoms. The quantitative estimate of drug-likeness (QED) is 0.856. The summed E-state index contributed by atoms with van der Waals surface area (Å²) in [6.45, 7) is 1.98. The van der Waals surface area contributed by atoms with Gasteiger partial charge in [-0.1, -0.05) is 0 Å². The number of nitrogens with two attached hydrogens (primary N) is 1. The molecule has 1 aliphatic rings. The predicted octanol–water partition coefficient (Wildman–Crippen LogP) is 2.74. The van der Waals surface area contributed by atoms with Gasteiger partial charge in [0.2, 0.25) is 0 Å². The lowest BCUT2D eigenvalue weighted by Crippen LogP contribution is -2.45. The number of halogens is 2. The average Bonchev–Trinajstić information content (AvgIpc) is 2.37. The van der Waals surface area contributed by atoms with Crippen molar-refractivity contribution in [3.63, 3.8) is 0 Å². The molecule has 0 aliphatic carbocycles. The Hall–Kier alpha value is -1.36. The number of alkyl halides is 2. The molecule has 5 heteroatoms. The summed E-state index contributed by atoms with van der Waals surface area (Å²) in [5, 5.41) is 0. The minimum absolute atomic E-state index is 0.0238. The first-order valence-corrected chi connectivity index (χ1v) is 6.58. The molecule has 1 aromatic rings. The van der Waals surface area contributed by atoms with Crippen LogP contribution in [0.3, 0.4) is 0 Å². The molecule has 0 saturated carbocycles. The van der Waals surface area contributed by atoms with Gasteiger partial charge in [-0.2, -0.15) is 0 Å². The zero-order valence-electron chi connectivity index (χ0n) is 11.4. The van der Waals surface area contributed by atoms with Crippen LogP contribution in [0.2, 0.25) is 0 Å². The van der Waals surface area contributed by atoms with E-state index in [0.717, 1.165) is 25.9 Å². The number of rotatable bonds is 3. The Morgan fingerprint density at radius 1 is 1.42 bits per heavy atom. The van der Waals surface area contributed by atoms with Crippen molar-refractivity contribution in [1.82, 2.24) is 4.90 Å². The van der Waals surface area contributed by atoms with Gasteiger partial charge in [0.1, 0.15) is 0 Å². The summed E-state index contributed by atoms with van der Waals surface area (Å²) in [5.74, 6) is 0. The van der Waals surface area contributed by atoms with Crippen molar-refractivity contribution in [2.24, 2.45) is 0 Å². The first-order valence-electron chi connectivity index (χ1n) is 6.58. The molecule has 2 N–H and O–H groups in total. The number of hydrogen-bond acceptors (Lipinski definition) is 3. The molecule has 2 rings (SSSR count). The molecular weight excluding hydrogens is 248 g/mol. The molecule has 0 aromatic heterocycles. The van der Waals surface area contributed by atoms with Gasteiger partial charge in [-0.3, -0.25) is 0 Å². The standard InChI is InChI=1S/C14H21F2N3/c1-18-7-3-4-11(9-18)19(2)13-6-5-10(17)8-12(13)14(15)16/h5-6,8,11,14H,3-4,7,9,17H2,1-2H3. The van der Waals surface area contributed by atoms with Crippen LogP contribution in [-0.2, 0) is 0 Å². The Morgan fingerprint density at radius 3 is 2.79 bits per heavy atom. The molecular formula is C14H21F2N3. The number of likely N-dealkylation sites (tertiary alicyclic amines) is 1. The van der Waals surface area contributed by atoms with Crippen LogP contribution >= 0.6 is 0 Å². The smallest absolute Gasteiger partial charge is 0.265 e. The van der Waals surface area contributed by atoms with Gasteiger partial charge in [-0.25, -0.2) is 8.78 Å². The van der Waals surface area contributed by atoms with Crippen molar-refractivity contribution in [2.45, 2.75) is 25.3 Å². The maximum atomic E-state index is 13.1. The van der Waals surface area contributed by atoms with E-state index >= 15 is 0 Å². The molecule has 0 spiro atoms. The molecule has 0 radical (unpaired) electrons. The SMILES string of the molecule is CN1CCCC(N(C)c2ccc(N)cc2C(F)F)C1. The third-order valence-corrected chi connectivity index (χ3v) is 3.81. The van der Waals surface area contributed by atoms with E-state index in [-0.39, 0.29) is 11.6 Å². The van der Waals surface area contributed by atoms with E-state index in [1.54, 1.807) is 12.1 Å². The van der Waals surface area contributed by atoms with E-state index < -0.39 is 6.43 Å². The molecule has 1 heterocycles. The fourth-order valence-corrected chi connectivity index (χ4v) is 2.72. The lowest BCUT2D eigenvalue weighted by molar-refractivity contribution is 0.151. The normalized spacial score (nSPS) is 20.8. The number of nitrogen functional groups attached to an aromatic ring is 1. The molecule has 1 saturated heterocycles. The summed E-state index contributed by atoms with van der Waals surface area (Å²) in [6.07, 6.45) is -0.361. The lowest BCUT2D eigenvalue weighted by atomic mass is 10.0. The summed E-state index contributed by atoms with van der Waals surface area (Å²) in [7, 11) is 3.96. The van der Waals surface area contributed by atoms with Crippen LogP contribution in [-0.4, -0.2) is 38.1 Å². The second kappa shape index (κ2) is 5.74. The second-order valence-corrected chi connectivity index (χ2v) is 5.29. The summed E-state index contributed by atoms with van der Waals surface area (Å²) < 4.78 is 26.2. The topological polar surface area (TPSA) is 32.5 Å². The average molecular weight is 269 g/mol. The van der Waals surface area contributed by atoms with Crippen LogP contribution < -0.4 is 10.6 Å². The minimum Gasteiger partial charge on any atom is -0.399 e.